The number of nitrogens with zero attached hydrogens (tertiary/aromatic N) is 1. The van der Waals surface area contributed by atoms with Crippen molar-refractivity contribution in [1.82, 2.24) is 9.62 Å². The first kappa shape index (κ1) is 18.1. The third-order valence-corrected chi connectivity index (χ3v) is 6.51. The second kappa shape index (κ2) is 7.65. The van der Waals surface area contributed by atoms with Crippen LogP contribution in [0.4, 0.5) is 0 Å². The number of carbonyl (C=O) groups excluding carboxylic acids is 1. The van der Waals surface area contributed by atoms with Crippen LogP contribution < -0.4 is 10.5 Å². The zero-order valence-electron chi connectivity index (χ0n) is 13.7. The highest BCUT2D eigenvalue weighted by Crippen LogP contribution is 2.17. The van der Waals surface area contributed by atoms with Crippen LogP contribution in [0.2, 0.25) is 0 Å². The van der Waals surface area contributed by atoms with Gasteiger partial charge in [0.1, 0.15) is 0 Å². The van der Waals surface area contributed by atoms with Crippen LogP contribution >= 0.6 is 11.3 Å². The summed E-state index contributed by atoms with van der Waals surface area (Å²) < 4.78 is 27.5. The first-order chi connectivity index (χ1) is 12.0. The molecule has 8 heteroatoms. The number of piperidine rings is 1. The van der Waals surface area contributed by atoms with E-state index in [-0.39, 0.29) is 23.4 Å². The maximum Gasteiger partial charge on any atom is 0.253 e. The van der Waals surface area contributed by atoms with E-state index in [0.29, 0.717) is 18.7 Å². The van der Waals surface area contributed by atoms with E-state index in [1.54, 1.807) is 17.0 Å². The van der Waals surface area contributed by atoms with Gasteiger partial charge in [0.2, 0.25) is 10.0 Å². The number of carbonyl (C=O) groups is 1. The van der Waals surface area contributed by atoms with Gasteiger partial charge in [0.25, 0.3) is 5.91 Å². The van der Waals surface area contributed by atoms with Gasteiger partial charge in [0.05, 0.1) is 4.90 Å². The minimum absolute atomic E-state index is 0.101. The van der Waals surface area contributed by atoms with E-state index in [0.717, 1.165) is 17.7 Å². The van der Waals surface area contributed by atoms with Crippen LogP contribution in [0.15, 0.2) is 46.7 Å². The van der Waals surface area contributed by atoms with E-state index in [2.05, 4.69) is 4.72 Å². The van der Waals surface area contributed by atoms with Crippen molar-refractivity contribution in [3.63, 3.8) is 0 Å². The predicted octanol–water partition coefficient (Wildman–Crippen LogP) is 1.79. The Labute approximate surface area is 151 Å². The largest absolute Gasteiger partial charge is 0.339 e. The fourth-order valence-electron chi connectivity index (χ4n) is 2.74. The van der Waals surface area contributed by atoms with Gasteiger partial charge in [0.15, 0.2) is 0 Å². The topological polar surface area (TPSA) is 92.5 Å². The smallest absolute Gasteiger partial charge is 0.253 e. The normalized spacial score (nSPS) is 16.1. The van der Waals surface area contributed by atoms with Gasteiger partial charge in [-0.25, -0.2) is 13.1 Å². The zero-order chi connectivity index (χ0) is 17.9. The minimum atomic E-state index is -3.67. The van der Waals surface area contributed by atoms with Crippen LogP contribution in [0.1, 0.15) is 28.1 Å². The number of sulfonamides is 1. The lowest BCUT2D eigenvalue weighted by Gasteiger charge is -2.30. The Morgan fingerprint density at radius 3 is 2.68 bits per heavy atom. The third-order valence-electron chi connectivity index (χ3n) is 4.23. The molecule has 1 amide bonds. The van der Waals surface area contributed by atoms with Gasteiger partial charge in [-0.2, -0.15) is 0 Å². The number of likely N-dealkylation sites (tertiary alicyclic amines) is 1. The van der Waals surface area contributed by atoms with Crippen molar-refractivity contribution in [3.8, 4) is 0 Å². The van der Waals surface area contributed by atoms with Gasteiger partial charge in [-0.3, -0.25) is 4.79 Å². The molecule has 0 aliphatic carbocycles. The molecule has 1 aromatic carbocycles. The summed E-state index contributed by atoms with van der Waals surface area (Å²) in [5.74, 6) is -0.151. The average molecular weight is 380 g/mol. The van der Waals surface area contributed by atoms with E-state index < -0.39 is 10.0 Å². The van der Waals surface area contributed by atoms with Crippen molar-refractivity contribution in [2.45, 2.75) is 30.3 Å². The molecule has 0 unspecified atom stereocenters. The maximum atomic E-state index is 12.6. The lowest BCUT2D eigenvalue weighted by atomic mass is 10.0. The summed E-state index contributed by atoms with van der Waals surface area (Å²) in [4.78, 5) is 15.4. The van der Waals surface area contributed by atoms with Crippen LogP contribution in [0, 0.1) is 0 Å². The number of benzene rings is 1. The molecule has 0 spiro atoms. The average Bonchev–Trinajstić information content (AvgIpc) is 3.14. The molecular formula is C17H21N3O3S2. The molecule has 3 N–H and O–H groups in total. The minimum Gasteiger partial charge on any atom is -0.339 e. The molecule has 0 bridgehead atoms. The second-order valence-electron chi connectivity index (χ2n) is 6.06. The van der Waals surface area contributed by atoms with Crippen molar-refractivity contribution in [1.29, 1.82) is 0 Å². The Balaban J connectivity index is 1.73. The Morgan fingerprint density at radius 2 is 2.00 bits per heavy atom. The second-order valence-corrected chi connectivity index (χ2v) is 8.86. The van der Waals surface area contributed by atoms with Crippen molar-refractivity contribution >= 4 is 27.3 Å². The van der Waals surface area contributed by atoms with E-state index in [4.69, 9.17) is 5.73 Å². The van der Waals surface area contributed by atoms with Crippen LogP contribution in [0.25, 0.3) is 0 Å². The molecule has 1 aromatic heterocycles. The molecule has 134 valence electrons. The van der Waals surface area contributed by atoms with Gasteiger partial charge in [0, 0.05) is 36.1 Å². The quantitative estimate of drug-likeness (QED) is 0.828. The highest BCUT2D eigenvalue weighted by molar-refractivity contribution is 7.89. The fraction of sp³-hybridized carbons (Fsp3) is 0.353. The van der Waals surface area contributed by atoms with Crippen LogP contribution in [0.3, 0.4) is 0 Å². The summed E-state index contributed by atoms with van der Waals surface area (Å²) >= 11 is 1.49. The van der Waals surface area contributed by atoms with E-state index in [9.17, 15) is 13.2 Å². The van der Waals surface area contributed by atoms with Crippen molar-refractivity contribution < 1.29 is 13.2 Å². The van der Waals surface area contributed by atoms with Gasteiger partial charge in [-0.05, 0) is 42.5 Å². The number of rotatable bonds is 5. The molecule has 1 saturated heterocycles. The molecule has 0 saturated carbocycles. The van der Waals surface area contributed by atoms with Crippen LogP contribution in [-0.2, 0) is 16.6 Å². The lowest BCUT2D eigenvalue weighted by molar-refractivity contribution is 0.0714. The monoisotopic (exact) mass is 379 g/mol. The molecule has 25 heavy (non-hydrogen) atoms. The lowest BCUT2D eigenvalue weighted by Crippen LogP contribution is -2.42. The van der Waals surface area contributed by atoms with Crippen molar-refractivity contribution in [2.75, 3.05) is 13.1 Å². The molecular weight excluding hydrogens is 358 g/mol. The molecule has 0 atom stereocenters. The Morgan fingerprint density at radius 1 is 1.24 bits per heavy atom. The maximum absolute atomic E-state index is 12.6. The summed E-state index contributed by atoms with van der Waals surface area (Å²) in [6.07, 6.45) is 1.54. The molecule has 1 aliphatic rings. The number of nitrogens with two attached hydrogens (primary N) is 1. The Kier molecular flexibility index (Phi) is 5.53. The number of thiophene rings is 1. The number of nitrogens with one attached hydrogen (secondary N) is 1. The fourth-order valence-corrected chi connectivity index (χ4v) is 4.53. The SMILES string of the molecule is NC1CCN(C(=O)c2cccc(S(=O)(=O)NCc3cccs3)c2)CC1. The highest BCUT2D eigenvalue weighted by atomic mass is 32.2. The first-order valence-corrected chi connectivity index (χ1v) is 10.5. The van der Waals surface area contributed by atoms with E-state index in [1.807, 2.05) is 17.5 Å². The molecule has 6 nitrogen and oxygen atoms in total. The Bertz CT molecular complexity index is 827. The zero-order valence-corrected chi connectivity index (χ0v) is 15.4. The number of amides is 1. The van der Waals surface area contributed by atoms with E-state index >= 15 is 0 Å². The van der Waals surface area contributed by atoms with Crippen molar-refractivity contribution in [2.24, 2.45) is 5.73 Å². The van der Waals surface area contributed by atoms with Gasteiger partial charge in [-0.1, -0.05) is 12.1 Å². The number of hydrogen-bond donors (Lipinski definition) is 2. The van der Waals surface area contributed by atoms with Crippen LogP contribution in [0.5, 0.6) is 0 Å². The predicted molar refractivity (Wildman–Crippen MR) is 97.9 cm³/mol. The summed E-state index contributed by atoms with van der Waals surface area (Å²) in [5, 5.41) is 1.90. The summed E-state index contributed by atoms with van der Waals surface area (Å²) in [7, 11) is -3.67. The standard InChI is InChI=1S/C17H21N3O3S2/c18-14-6-8-20(9-7-14)17(21)13-3-1-5-16(11-13)25(22,23)19-12-15-4-2-10-24-15/h1-5,10-11,14,19H,6-9,12,18H2. The van der Waals surface area contributed by atoms with E-state index in [1.165, 1.54) is 23.5 Å². The molecule has 0 radical (unpaired) electrons. The molecule has 3 rings (SSSR count). The van der Waals surface area contributed by atoms with Gasteiger partial charge < -0.3 is 10.6 Å². The van der Waals surface area contributed by atoms with Gasteiger partial charge in [-0.15, -0.1) is 11.3 Å². The Hall–Kier alpha value is -1.74. The molecule has 2 aromatic rings. The highest BCUT2D eigenvalue weighted by Gasteiger charge is 2.23. The molecule has 1 aliphatic heterocycles. The van der Waals surface area contributed by atoms with Gasteiger partial charge >= 0.3 is 0 Å². The first-order valence-electron chi connectivity index (χ1n) is 8.13. The summed E-state index contributed by atoms with van der Waals surface area (Å²) in [6, 6.07) is 10.1. The molecule has 1 fully saturated rings. The third kappa shape index (κ3) is 4.46. The van der Waals surface area contributed by atoms with Crippen molar-refractivity contribution in [3.05, 3.63) is 52.2 Å². The molecule has 2 heterocycles. The summed E-state index contributed by atoms with van der Waals surface area (Å²) in [6.45, 7) is 1.45. The number of hydrogen-bond acceptors (Lipinski definition) is 5. The summed E-state index contributed by atoms with van der Waals surface area (Å²) in [5.41, 5.74) is 6.25. The van der Waals surface area contributed by atoms with Crippen LogP contribution in [-0.4, -0.2) is 38.4 Å².